The molecule has 0 aliphatic rings. The molecule has 0 fully saturated rings. The maximum atomic E-state index is 4.86. The van der Waals surface area contributed by atoms with Gasteiger partial charge in [-0.3, -0.25) is 0 Å². The van der Waals surface area contributed by atoms with Crippen LogP contribution in [-0.2, 0) is 0 Å². The van der Waals surface area contributed by atoms with Crippen LogP contribution >= 0.6 is 11.3 Å². The average molecular weight is 309 g/mol. The molecule has 0 saturated carbocycles. The molecule has 3 rings (SSSR count). The van der Waals surface area contributed by atoms with Crippen molar-refractivity contribution in [2.75, 3.05) is 13.1 Å². The van der Waals surface area contributed by atoms with Gasteiger partial charge in [0, 0.05) is 13.1 Å². The molecule has 3 aromatic rings. The Morgan fingerprint density at radius 1 is 1.00 bits per heavy atom. The van der Waals surface area contributed by atoms with E-state index in [-0.39, 0.29) is 0 Å². The Kier molecular flexibility index (Phi) is 4.49. The van der Waals surface area contributed by atoms with Crippen LogP contribution in [0.5, 0.6) is 0 Å². The lowest BCUT2D eigenvalue weighted by Crippen LogP contribution is -2.31. The lowest BCUT2D eigenvalue weighted by molar-refractivity contribution is 0.466. The Morgan fingerprint density at radius 2 is 1.68 bits per heavy atom. The van der Waals surface area contributed by atoms with Gasteiger partial charge in [0.1, 0.15) is 0 Å². The van der Waals surface area contributed by atoms with E-state index in [0.29, 0.717) is 0 Å². The molecule has 1 heterocycles. The van der Waals surface area contributed by atoms with Crippen molar-refractivity contribution in [3.05, 3.63) is 59.6 Å². The lowest BCUT2D eigenvalue weighted by atomic mass is 10.3. The smallest absolute Gasteiger partial charge is 0.165 e. The number of hydrogen-bond acceptors (Lipinski definition) is 3. The summed E-state index contributed by atoms with van der Waals surface area (Å²) in [7, 11) is 0. The average Bonchev–Trinajstić information content (AvgIpc) is 3.00. The quantitative estimate of drug-likeness (QED) is 0.515. The Hall–Kier alpha value is -2.20. The van der Waals surface area contributed by atoms with Gasteiger partial charge in [0.15, 0.2) is 10.8 Å². The minimum atomic E-state index is 0.915. The molecular formula is C18H19N3S. The first-order valence-electron chi connectivity index (χ1n) is 7.56. The highest BCUT2D eigenvalue weighted by molar-refractivity contribution is 7.20. The summed E-state index contributed by atoms with van der Waals surface area (Å²) < 4.78 is 1.20. The molecular weight excluding hydrogens is 290 g/mol. The van der Waals surface area contributed by atoms with E-state index in [1.807, 2.05) is 36.4 Å². The second-order valence-corrected chi connectivity index (χ2v) is 5.96. The van der Waals surface area contributed by atoms with Crippen LogP contribution in [0.15, 0.2) is 59.6 Å². The molecule has 0 unspecified atom stereocenters. The van der Waals surface area contributed by atoms with Crippen molar-refractivity contribution in [3.8, 4) is 0 Å². The maximum Gasteiger partial charge on any atom is 0.165 e. The lowest BCUT2D eigenvalue weighted by Gasteiger charge is -2.21. The molecule has 0 N–H and O–H groups in total. The third kappa shape index (κ3) is 3.02. The number of aromatic nitrogens is 1. The highest BCUT2D eigenvalue weighted by Crippen LogP contribution is 2.24. The molecule has 2 aromatic carbocycles. The summed E-state index contributed by atoms with van der Waals surface area (Å²) in [6, 6.07) is 18.3. The molecule has 0 bridgehead atoms. The van der Waals surface area contributed by atoms with E-state index in [2.05, 4.69) is 36.9 Å². The largest absolute Gasteiger partial charge is 0.355 e. The second-order valence-electron chi connectivity index (χ2n) is 4.93. The Labute approximate surface area is 135 Å². The van der Waals surface area contributed by atoms with Gasteiger partial charge in [-0.15, -0.1) is 11.3 Å². The van der Waals surface area contributed by atoms with Crippen LogP contribution in [0.25, 0.3) is 10.2 Å². The Balaban J connectivity index is 2.10. The Bertz CT molecular complexity index is 740. The number of thiazole rings is 1. The van der Waals surface area contributed by atoms with Crippen LogP contribution in [0.3, 0.4) is 0 Å². The molecule has 0 atom stereocenters. The van der Waals surface area contributed by atoms with Crippen LogP contribution in [0.2, 0.25) is 0 Å². The van der Waals surface area contributed by atoms with E-state index in [9.17, 15) is 0 Å². The van der Waals surface area contributed by atoms with Gasteiger partial charge >= 0.3 is 0 Å². The molecule has 112 valence electrons. The van der Waals surface area contributed by atoms with E-state index >= 15 is 0 Å². The van der Waals surface area contributed by atoms with E-state index in [4.69, 9.17) is 9.98 Å². The van der Waals surface area contributed by atoms with Gasteiger partial charge in [-0.2, -0.15) is 0 Å². The molecule has 1 aromatic heterocycles. The number of amidine groups is 1. The standard InChI is InChI=1S/C18H19N3S/c1-3-21(4-2)17(19-14-10-6-5-7-11-14)18-20-15-12-8-9-13-16(15)22-18/h5-13H,3-4H2,1-2H3. The van der Waals surface area contributed by atoms with Gasteiger partial charge in [-0.1, -0.05) is 30.3 Å². The van der Waals surface area contributed by atoms with Crippen molar-refractivity contribution < 1.29 is 0 Å². The minimum Gasteiger partial charge on any atom is -0.355 e. The fraction of sp³-hybridized carbons (Fsp3) is 0.222. The zero-order chi connectivity index (χ0) is 15.4. The predicted molar refractivity (Wildman–Crippen MR) is 95.2 cm³/mol. The number of para-hydroxylation sites is 2. The van der Waals surface area contributed by atoms with Crippen molar-refractivity contribution in [1.82, 2.24) is 9.88 Å². The molecule has 3 nitrogen and oxygen atoms in total. The number of hydrogen-bond donors (Lipinski definition) is 0. The van der Waals surface area contributed by atoms with Crippen molar-refractivity contribution in [1.29, 1.82) is 0 Å². The normalized spacial score (nSPS) is 11.8. The summed E-state index contributed by atoms with van der Waals surface area (Å²) in [4.78, 5) is 11.9. The highest BCUT2D eigenvalue weighted by atomic mass is 32.1. The fourth-order valence-electron chi connectivity index (χ4n) is 2.37. The van der Waals surface area contributed by atoms with Gasteiger partial charge < -0.3 is 4.90 Å². The summed E-state index contributed by atoms with van der Waals surface area (Å²) >= 11 is 1.70. The summed E-state index contributed by atoms with van der Waals surface area (Å²) in [5, 5.41) is 0.980. The molecule has 22 heavy (non-hydrogen) atoms. The van der Waals surface area contributed by atoms with Gasteiger partial charge in [-0.25, -0.2) is 9.98 Å². The first-order chi connectivity index (χ1) is 10.8. The predicted octanol–water partition coefficient (Wildman–Crippen LogP) is 4.72. The van der Waals surface area contributed by atoms with Crippen molar-refractivity contribution >= 4 is 33.1 Å². The number of benzene rings is 2. The minimum absolute atomic E-state index is 0.915. The number of rotatable bonds is 4. The number of fused-ring (bicyclic) bond motifs is 1. The molecule has 0 saturated heterocycles. The van der Waals surface area contributed by atoms with Gasteiger partial charge in [0.25, 0.3) is 0 Å². The monoisotopic (exact) mass is 309 g/mol. The highest BCUT2D eigenvalue weighted by Gasteiger charge is 2.15. The van der Waals surface area contributed by atoms with Crippen molar-refractivity contribution in [2.45, 2.75) is 13.8 Å². The van der Waals surface area contributed by atoms with E-state index in [1.54, 1.807) is 11.3 Å². The number of nitrogens with zero attached hydrogens (tertiary/aromatic N) is 3. The van der Waals surface area contributed by atoms with Crippen molar-refractivity contribution in [3.63, 3.8) is 0 Å². The fourth-order valence-corrected chi connectivity index (χ4v) is 3.35. The molecule has 0 aliphatic heterocycles. The van der Waals surface area contributed by atoms with Gasteiger partial charge in [0.05, 0.1) is 15.9 Å². The van der Waals surface area contributed by atoms with Crippen LogP contribution in [-0.4, -0.2) is 28.8 Å². The van der Waals surface area contributed by atoms with Crippen LogP contribution in [0.1, 0.15) is 18.9 Å². The molecule has 0 spiro atoms. The van der Waals surface area contributed by atoms with Crippen LogP contribution in [0, 0.1) is 0 Å². The van der Waals surface area contributed by atoms with E-state index in [0.717, 1.165) is 35.1 Å². The SMILES string of the molecule is CCN(CC)C(=Nc1ccccc1)c1nc2ccccc2s1. The van der Waals surface area contributed by atoms with E-state index < -0.39 is 0 Å². The number of aliphatic imine (C=N–C) groups is 1. The third-order valence-corrected chi connectivity index (χ3v) is 4.57. The van der Waals surface area contributed by atoms with Gasteiger partial charge in [-0.05, 0) is 38.1 Å². The molecule has 4 heteroatoms. The first kappa shape index (κ1) is 14.7. The molecule has 0 aliphatic carbocycles. The summed E-state index contributed by atoms with van der Waals surface area (Å²) in [5.41, 5.74) is 2.00. The summed E-state index contributed by atoms with van der Waals surface area (Å²) in [5.74, 6) is 0.956. The summed E-state index contributed by atoms with van der Waals surface area (Å²) in [6.07, 6.45) is 0. The Morgan fingerprint density at radius 3 is 2.36 bits per heavy atom. The second kappa shape index (κ2) is 6.71. The van der Waals surface area contributed by atoms with Crippen LogP contribution in [0.4, 0.5) is 5.69 Å². The van der Waals surface area contributed by atoms with Crippen LogP contribution < -0.4 is 0 Å². The molecule has 0 radical (unpaired) electrons. The zero-order valence-corrected chi connectivity index (χ0v) is 13.7. The zero-order valence-electron chi connectivity index (χ0n) is 12.9. The summed E-state index contributed by atoms with van der Waals surface area (Å²) in [6.45, 7) is 6.13. The molecule has 0 amide bonds. The van der Waals surface area contributed by atoms with Gasteiger partial charge in [0.2, 0.25) is 0 Å². The third-order valence-electron chi connectivity index (χ3n) is 3.54. The van der Waals surface area contributed by atoms with Crippen molar-refractivity contribution in [2.24, 2.45) is 4.99 Å². The maximum absolute atomic E-state index is 4.86. The topological polar surface area (TPSA) is 28.5 Å². The first-order valence-corrected chi connectivity index (χ1v) is 8.38. The van der Waals surface area contributed by atoms with E-state index in [1.165, 1.54) is 4.70 Å².